The minimum atomic E-state index is -0.373. The van der Waals surface area contributed by atoms with E-state index in [1.54, 1.807) is 42.5 Å². The summed E-state index contributed by atoms with van der Waals surface area (Å²) < 4.78 is 11.0. The SMILES string of the molecule is CCCCOc1ccc(C(=O)Nc2nnc(-c3cc(Cl)ccc3Cl)o2)cc1. The number of hydrogen-bond acceptors (Lipinski definition) is 5. The molecule has 0 spiro atoms. The molecule has 3 rings (SSSR count). The number of anilines is 1. The zero-order valence-corrected chi connectivity index (χ0v) is 16.0. The molecule has 27 heavy (non-hydrogen) atoms. The lowest BCUT2D eigenvalue weighted by Gasteiger charge is -2.06. The Morgan fingerprint density at radius 1 is 1.15 bits per heavy atom. The fourth-order valence-electron chi connectivity index (χ4n) is 2.25. The second kappa shape index (κ2) is 8.88. The molecule has 0 aliphatic rings. The van der Waals surface area contributed by atoms with Gasteiger partial charge in [-0.2, -0.15) is 0 Å². The van der Waals surface area contributed by atoms with Crippen molar-refractivity contribution >= 4 is 35.1 Å². The highest BCUT2D eigenvalue weighted by Gasteiger charge is 2.15. The number of unbranched alkanes of at least 4 members (excludes halogenated alkanes) is 1. The van der Waals surface area contributed by atoms with E-state index in [0.29, 0.717) is 27.8 Å². The predicted molar refractivity (Wildman–Crippen MR) is 105 cm³/mol. The molecule has 1 heterocycles. The smallest absolute Gasteiger partial charge is 0.322 e. The number of nitrogens with zero attached hydrogens (tertiary/aromatic N) is 2. The summed E-state index contributed by atoms with van der Waals surface area (Å²) in [4.78, 5) is 12.3. The molecule has 6 nitrogen and oxygen atoms in total. The van der Waals surface area contributed by atoms with Gasteiger partial charge in [0.1, 0.15) is 5.75 Å². The van der Waals surface area contributed by atoms with E-state index >= 15 is 0 Å². The Bertz CT molecular complexity index is 926. The number of carbonyl (C=O) groups excluding carboxylic acids is 1. The molecule has 2 aromatic carbocycles. The summed E-state index contributed by atoms with van der Waals surface area (Å²) in [5, 5.41) is 11.2. The number of aromatic nitrogens is 2. The lowest BCUT2D eigenvalue weighted by Crippen LogP contribution is -2.12. The topological polar surface area (TPSA) is 77.2 Å². The Balaban J connectivity index is 1.66. The molecule has 140 valence electrons. The van der Waals surface area contributed by atoms with Crippen molar-refractivity contribution in [3.8, 4) is 17.2 Å². The third kappa shape index (κ3) is 4.99. The quantitative estimate of drug-likeness (QED) is 0.526. The Labute approximate surface area is 166 Å². The molecule has 3 aromatic rings. The first-order chi connectivity index (χ1) is 13.1. The summed E-state index contributed by atoms with van der Waals surface area (Å²) in [6.07, 6.45) is 2.05. The lowest BCUT2D eigenvalue weighted by atomic mass is 10.2. The predicted octanol–water partition coefficient (Wildman–Crippen LogP) is 5.47. The average molecular weight is 406 g/mol. The van der Waals surface area contributed by atoms with Gasteiger partial charge in [-0.15, -0.1) is 5.10 Å². The van der Waals surface area contributed by atoms with Crippen molar-refractivity contribution in [2.24, 2.45) is 0 Å². The van der Waals surface area contributed by atoms with Crippen molar-refractivity contribution in [3.05, 3.63) is 58.1 Å². The molecule has 1 amide bonds. The van der Waals surface area contributed by atoms with E-state index in [4.69, 9.17) is 32.4 Å². The molecule has 0 radical (unpaired) electrons. The number of rotatable bonds is 7. The first-order valence-corrected chi connectivity index (χ1v) is 9.15. The van der Waals surface area contributed by atoms with Crippen LogP contribution in [0.2, 0.25) is 10.0 Å². The van der Waals surface area contributed by atoms with Gasteiger partial charge in [-0.05, 0) is 48.9 Å². The highest BCUT2D eigenvalue weighted by Crippen LogP contribution is 2.30. The second-order valence-electron chi connectivity index (χ2n) is 5.72. The fourth-order valence-corrected chi connectivity index (χ4v) is 2.62. The summed E-state index contributed by atoms with van der Waals surface area (Å²) in [6.45, 7) is 2.75. The van der Waals surface area contributed by atoms with Crippen LogP contribution in [0.4, 0.5) is 6.01 Å². The van der Waals surface area contributed by atoms with Gasteiger partial charge in [0.2, 0.25) is 0 Å². The Morgan fingerprint density at radius 2 is 1.93 bits per heavy atom. The van der Waals surface area contributed by atoms with Gasteiger partial charge in [0.05, 0.1) is 17.2 Å². The molecule has 0 saturated heterocycles. The molecular formula is C19H17Cl2N3O3. The Morgan fingerprint density at radius 3 is 2.67 bits per heavy atom. The average Bonchev–Trinajstić information content (AvgIpc) is 3.12. The maximum Gasteiger partial charge on any atom is 0.322 e. The van der Waals surface area contributed by atoms with Crippen LogP contribution in [-0.2, 0) is 0 Å². The number of carbonyl (C=O) groups is 1. The maximum absolute atomic E-state index is 12.3. The molecule has 0 bridgehead atoms. The summed E-state index contributed by atoms with van der Waals surface area (Å²) in [5.74, 6) is 0.510. The van der Waals surface area contributed by atoms with Crippen molar-refractivity contribution in [2.75, 3.05) is 11.9 Å². The van der Waals surface area contributed by atoms with Crippen LogP contribution in [0.25, 0.3) is 11.5 Å². The van der Waals surface area contributed by atoms with E-state index in [1.807, 2.05) is 0 Å². The second-order valence-corrected chi connectivity index (χ2v) is 6.56. The fraction of sp³-hybridized carbons (Fsp3) is 0.211. The first-order valence-electron chi connectivity index (χ1n) is 8.40. The van der Waals surface area contributed by atoms with Crippen molar-refractivity contribution < 1.29 is 13.9 Å². The van der Waals surface area contributed by atoms with Gasteiger partial charge in [0.15, 0.2) is 0 Å². The molecule has 8 heteroatoms. The van der Waals surface area contributed by atoms with Crippen LogP contribution in [-0.4, -0.2) is 22.7 Å². The largest absolute Gasteiger partial charge is 0.494 e. The summed E-state index contributed by atoms with van der Waals surface area (Å²) in [7, 11) is 0. The molecule has 1 N–H and O–H groups in total. The number of nitrogens with one attached hydrogen (secondary N) is 1. The normalized spacial score (nSPS) is 10.6. The van der Waals surface area contributed by atoms with Gasteiger partial charge >= 0.3 is 6.01 Å². The number of amides is 1. The minimum Gasteiger partial charge on any atom is -0.494 e. The highest BCUT2D eigenvalue weighted by atomic mass is 35.5. The van der Waals surface area contributed by atoms with E-state index in [1.165, 1.54) is 0 Å². The van der Waals surface area contributed by atoms with Gasteiger partial charge in [-0.25, -0.2) is 0 Å². The summed E-state index contributed by atoms with van der Waals surface area (Å²) in [5.41, 5.74) is 0.934. The molecule has 0 unspecified atom stereocenters. The van der Waals surface area contributed by atoms with Gasteiger partial charge in [0, 0.05) is 10.6 Å². The van der Waals surface area contributed by atoms with E-state index in [-0.39, 0.29) is 17.8 Å². The number of halogens is 2. The maximum atomic E-state index is 12.3. The zero-order valence-electron chi connectivity index (χ0n) is 14.5. The van der Waals surface area contributed by atoms with Crippen LogP contribution in [0.15, 0.2) is 46.9 Å². The molecule has 0 saturated carbocycles. The third-order valence-electron chi connectivity index (χ3n) is 3.69. The summed E-state index contributed by atoms with van der Waals surface area (Å²) >= 11 is 12.1. The van der Waals surface area contributed by atoms with Gasteiger partial charge < -0.3 is 9.15 Å². The van der Waals surface area contributed by atoms with Crippen molar-refractivity contribution in [2.45, 2.75) is 19.8 Å². The molecule has 0 fully saturated rings. The van der Waals surface area contributed by atoms with Crippen molar-refractivity contribution in [1.29, 1.82) is 0 Å². The molecule has 0 atom stereocenters. The van der Waals surface area contributed by atoms with Crippen LogP contribution in [0.5, 0.6) is 5.75 Å². The van der Waals surface area contributed by atoms with Crippen LogP contribution in [0, 0.1) is 0 Å². The number of benzene rings is 2. The van der Waals surface area contributed by atoms with E-state index < -0.39 is 0 Å². The van der Waals surface area contributed by atoms with E-state index in [0.717, 1.165) is 18.6 Å². The number of ether oxygens (including phenoxy) is 1. The van der Waals surface area contributed by atoms with Gasteiger partial charge in [-0.1, -0.05) is 41.6 Å². The molecule has 1 aromatic heterocycles. The highest BCUT2D eigenvalue weighted by molar-refractivity contribution is 6.35. The van der Waals surface area contributed by atoms with Crippen LogP contribution >= 0.6 is 23.2 Å². The zero-order chi connectivity index (χ0) is 19.2. The summed E-state index contributed by atoms with van der Waals surface area (Å²) in [6, 6.07) is 11.7. The Hall–Kier alpha value is -2.57. The van der Waals surface area contributed by atoms with Crippen LogP contribution in [0.1, 0.15) is 30.1 Å². The van der Waals surface area contributed by atoms with E-state index in [2.05, 4.69) is 22.4 Å². The van der Waals surface area contributed by atoms with Gasteiger partial charge in [-0.3, -0.25) is 10.1 Å². The first kappa shape index (κ1) is 19.2. The minimum absolute atomic E-state index is 0.0330. The standard InChI is InChI=1S/C19H17Cl2N3O3/c1-2-3-10-26-14-7-4-12(5-8-14)17(25)22-19-24-23-18(27-19)15-11-13(20)6-9-16(15)21/h4-9,11H,2-3,10H2,1H3,(H,22,24,25). The van der Waals surface area contributed by atoms with Crippen molar-refractivity contribution in [1.82, 2.24) is 10.2 Å². The van der Waals surface area contributed by atoms with Crippen LogP contribution < -0.4 is 10.1 Å². The van der Waals surface area contributed by atoms with Crippen molar-refractivity contribution in [3.63, 3.8) is 0 Å². The molecular weight excluding hydrogens is 389 g/mol. The van der Waals surface area contributed by atoms with E-state index in [9.17, 15) is 4.79 Å². The number of hydrogen-bond donors (Lipinski definition) is 1. The Kier molecular flexibility index (Phi) is 6.32. The lowest BCUT2D eigenvalue weighted by molar-refractivity contribution is 0.102. The molecule has 0 aliphatic heterocycles. The van der Waals surface area contributed by atoms with Gasteiger partial charge in [0.25, 0.3) is 11.8 Å². The monoisotopic (exact) mass is 405 g/mol. The third-order valence-corrected chi connectivity index (χ3v) is 4.25. The molecule has 0 aliphatic carbocycles. The van der Waals surface area contributed by atoms with Crippen LogP contribution in [0.3, 0.4) is 0 Å².